The van der Waals surface area contributed by atoms with Crippen molar-refractivity contribution in [3.05, 3.63) is 65.7 Å². The molecule has 2 rings (SSSR count). The third kappa shape index (κ3) is 4.11. The van der Waals surface area contributed by atoms with Crippen molar-refractivity contribution in [2.75, 3.05) is 6.61 Å². The van der Waals surface area contributed by atoms with Crippen LogP contribution in [0.1, 0.15) is 30.5 Å². The van der Waals surface area contributed by atoms with Gasteiger partial charge in [-0.05, 0) is 31.4 Å². The Morgan fingerprint density at radius 3 is 2.42 bits per heavy atom. The maximum absolute atomic E-state index is 5.93. The molecule has 0 amide bonds. The minimum atomic E-state index is 0.00493. The number of aryl methyl sites for hydroxylation is 1. The Bertz CT molecular complexity index is 494. The van der Waals surface area contributed by atoms with E-state index in [-0.39, 0.29) is 6.04 Å². The van der Waals surface area contributed by atoms with Crippen LogP contribution in [0.15, 0.2) is 54.6 Å². The molecular weight excluding hydrogens is 234 g/mol. The first-order valence-electron chi connectivity index (χ1n) is 6.78. The second-order valence-electron chi connectivity index (χ2n) is 4.76. The van der Waals surface area contributed by atoms with E-state index in [0.29, 0.717) is 0 Å². The molecule has 1 atom stereocenters. The van der Waals surface area contributed by atoms with Crippen LogP contribution in [-0.4, -0.2) is 6.61 Å². The predicted molar refractivity (Wildman–Crippen MR) is 79.3 cm³/mol. The van der Waals surface area contributed by atoms with Gasteiger partial charge in [0, 0.05) is 11.6 Å². The Kier molecular flexibility index (Phi) is 4.99. The summed E-state index contributed by atoms with van der Waals surface area (Å²) in [6.07, 6.45) is 2.05. The van der Waals surface area contributed by atoms with E-state index >= 15 is 0 Å². The zero-order valence-corrected chi connectivity index (χ0v) is 11.4. The molecule has 0 heterocycles. The fourth-order valence-corrected chi connectivity index (χ4v) is 2.09. The lowest BCUT2D eigenvalue weighted by atomic mass is 10.1. The number of nitrogens with two attached hydrogens (primary N) is 1. The second kappa shape index (κ2) is 6.95. The van der Waals surface area contributed by atoms with Crippen LogP contribution < -0.4 is 10.5 Å². The van der Waals surface area contributed by atoms with Crippen LogP contribution in [0.5, 0.6) is 5.75 Å². The van der Waals surface area contributed by atoms with Crippen LogP contribution in [0.3, 0.4) is 0 Å². The van der Waals surface area contributed by atoms with Gasteiger partial charge in [-0.3, -0.25) is 0 Å². The average Bonchev–Trinajstić information content (AvgIpc) is 2.45. The standard InChI is InChI=1S/C17H21NO/c1-14(18)16-11-5-6-12-17(16)19-13-7-10-15-8-3-2-4-9-15/h2-6,8-9,11-12,14H,7,10,13,18H2,1H3/t14-/m1/s1. The monoisotopic (exact) mass is 255 g/mol. The van der Waals surface area contributed by atoms with Crippen molar-refractivity contribution < 1.29 is 4.74 Å². The summed E-state index contributed by atoms with van der Waals surface area (Å²) in [6, 6.07) is 18.5. The Morgan fingerprint density at radius 2 is 1.68 bits per heavy atom. The molecule has 0 unspecified atom stereocenters. The lowest BCUT2D eigenvalue weighted by Crippen LogP contribution is -2.08. The van der Waals surface area contributed by atoms with Crippen LogP contribution in [0.25, 0.3) is 0 Å². The fraction of sp³-hybridized carbons (Fsp3) is 0.294. The van der Waals surface area contributed by atoms with E-state index in [1.807, 2.05) is 37.3 Å². The first-order chi connectivity index (χ1) is 9.27. The topological polar surface area (TPSA) is 35.2 Å². The largest absolute Gasteiger partial charge is 0.493 e. The molecular formula is C17H21NO. The summed E-state index contributed by atoms with van der Waals surface area (Å²) in [5.41, 5.74) is 8.35. The second-order valence-corrected chi connectivity index (χ2v) is 4.76. The molecule has 100 valence electrons. The molecule has 0 aliphatic heterocycles. The molecule has 2 nitrogen and oxygen atoms in total. The molecule has 0 aromatic heterocycles. The van der Waals surface area contributed by atoms with Crippen LogP contribution >= 0.6 is 0 Å². The van der Waals surface area contributed by atoms with Gasteiger partial charge >= 0.3 is 0 Å². The van der Waals surface area contributed by atoms with Crippen LogP contribution in [0, 0.1) is 0 Å². The van der Waals surface area contributed by atoms with Crippen molar-refractivity contribution in [2.45, 2.75) is 25.8 Å². The summed E-state index contributed by atoms with van der Waals surface area (Å²) in [5, 5.41) is 0. The van der Waals surface area contributed by atoms with E-state index in [4.69, 9.17) is 10.5 Å². The summed E-state index contributed by atoms with van der Waals surface area (Å²) >= 11 is 0. The molecule has 0 aliphatic carbocycles. The number of benzene rings is 2. The average molecular weight is 255 g/mol. The molecule has 19 heavy (non-hydrogen) atoms. The fourth-order valence-electron chi connectivity index (χ4n) is 2.09. The minimum absolute atomic E-state index is 0.00493. The van der Waals surface area contributed by atoms with Gasteiger partial charge in [0.15, 0.2) is 0 Å². The zero-order chi connectivity index (χ0) is 13.5. The molecule has 0 saturated heterocycles. The highest BCUT2D eigenvalue weighted by atomic mass is 16.5. The molecule has 2 heteroatoms. The van der Waals surface area contributed by atoms with Crippen molar-refractivity contribution in [3.8, 4) is 5.75 Å². The SMILES string of the molecule is C[C@@H](N)c1ccccc1OCCCc1ccccc1. The van der Waals surface area contributed by atoms with Gasteiger partial charge in [-0.15, -0.1) is 0 Å². The highest BCUT2D eigenvalue weighted by Gasteiger charge is 2.06. The van der Waals surface area contributed by atoms with Crippen LogP contribution in [-0.2, 0) is 6.42 Å². The Balaban J connectivity index is 1.83. The first kappa shape index (κ1) is 13.6. The normalized spacial score (nSPS) is 12.1. The molecule has 0 aliphatic rings. The first-order valence-corrected chi connectivity index (χ1v) is 6.78. The lowest BCUT2D eigenvalue weighted by Gasteiger charge is -2.13. The maximum Gasteiger partial charge on any atom is 0.124 e. The van der Waals surface area contributed by atoms with Gasteiger partial charge in [0.2, 0.25) is 0 Å². The molecule has 0 radical (unpaired) electrons. The molecule has 0 saturated carbocycles. The molecule has 2 aromatic carbocycles. The number of hydrogen-bond acceptors (Lipinski definition) is 2. The van der Waals surface area contributed by atoms with Crippen molar-refractivity contribution in [2.24, 2.45) is 5.73 Å². The van der Waals surface area contributed by atoms with Crippen LogP contribution in [0.4, 0.5) is 0 Å². The summed E-state index contributed by atoms with van der Waals surface area (Å²) in [4.78, 5) is 0. The zero-order valence-electron chi connectivity index (χ0n) is 11.4. The number of ether oxygens (including phenoxy) is 1. The summed E-state index contributed by atoms with van der Waals surface area (Å²) in [6.45, 7) is 2.70. The van der Waals surface area contributed by atoms with Gasteiger partial charge in [0.25, 0.3) is 0 Å². The number of para-hydroxylation sites is 1. The van der Waals surface area contributed by atoms with Crippen molar-refractivity contribution in [1.29, 1.82) is 0 Å². The smallest absolute Gasteiger partial charge is 0.124 e. The molecule has 0 bridgehead atoms. The maximum atomic E-state index is 5.93. The number of rotatable bonds is 6. The van der Waals surface area contributed by atoms with Crippen molar-refractivity contribution in [1.82, 2.24) is 0 Å². The highest BCUT2D eigenvalue weighted by molar-refractivity contribution is 5.35. The Hall–Kier alpha value is -1.80. The van der Waals surface area contributed by atoms with E-state index in [1.54, 1.807) is 0 Å². The molecule has 2 N–H and O–H groups in total. The van der Waals surface area contributed by atoms with Gasteiger partial charge in [-0.2, -0.15) is 0 Å². The van der Waals surface area contributed by atoms with Gasteiger partial charge < -0.3 is 10.5 Å². The van der Waals surface area contributed by atoms with Crippen LogP contribution in [0.2, 0.25) is 0 Å². The van der Waals surface area contributed by atoms with Gasteiger partial charge in [0.1, 0.15) is 5.75 Å². The quantitative estimate of drug-likeness (QED) is 0.798. The molecule has 0 spiro atoms. The summed E-state index contributed by atoms with van der Waals surface area (Å²) in [7, 11) is 0. The van der Waals surface area contributed by atoms with Gasteiger partial charge in [0.05, 0.1) is 6.61 Å². The van der Waals surface area contributed by atoms with Crippen molar-refractivity contribution in [3.63, 3.8) is 0 Å². The van der Waals surface area contributed by atoms with E-state index in [2.05, 4.69) is 24.3 Å². The highest BCUT2D eigenvalue weighted by Crippen LogP contribution is 2.23. The van der Waals surface area contributed by atoms with E-state index in [1.165, 1.54) is 5.56 Å². The summed E-state index contributed by atoms with van der Waals surface area (Å²) in [5.74, 6) is 0.908. The third-order valence-electron chi connectivity index (χ3n) is 3.12. The third-order valence-corrected chi connectivity index (χ3v) is 3.12. The Labute approximate surface area is 115 Å². The molecule has 2 aromatic rings. The van der Waals surface area contributed by atoms with Crippen molar-refractivity contribution >= 4 is 0 Å². The lowest BCUT2D eigenvalue weighted by molar-refractivity contribution is 0.306. The molecule has 0 fully saturated rings. The van der Waals surface area contributed by atoms with E-state index in [9.17, 15) is 0 Å². The van der Waals surface area contributed by atoms with Gasteiger partial charge in [-0.1, -0.05) is 48.5 Å². The minimum Gasteiger partial charge on any atom is -0.493 e. The van der Waals surface area contributed by atoms with E-state index < -0.39 is 0 Å². The Morgan fingerprint density at radius 1 is 1.00 bits per heavy atom. The number of hydrogen-bond donors (Lipinski definition) is 1. The predicted octanol–water partition coefficient (Wildman–Crippen LogP) is 3.72. The van der Waals surface area contributed by atoms with Gasteiger partial charge in [-0.25, -0.2) is 0 Å². The summed E-state index contributed by atoms with van der Waals surface area (Å²) < 4.78 is 5.84. The van der Waals surface area contributed by atoms with E-state index in [0.717, 1.165) is 30.8 Å².